The predicted molar refractivity (Wildman–Crippen MR) is 97.9 cm³/mol. The van der Waals surface area contributed by atoms with Crippen molar-refractivity contribution in [3.8, 4) is 17.0 Å². The topological polar surface area (TPSA) is 40.5 Å². The van der Waals surface area contributed by atoms with Gasteiger partial charge in [0.05, 0.1) is 25.0 Å². The number of methoxy groups -OCH3 is 1. The second kappa shape index (κ2) is 7.71. The van der Waals surface area contributed by atoms with E-state index in [1.54, 1.807) is 7.11 Å². The number of carbonyl (C=O) groups excluding carboxylic acids is 1. The third-order valence-corrected chi connectivity index (χ3v) is 3.99. The standard InChI is InChI=1S/C21H21NO3/c1-3-25-21(23)19-12-13-22(20(19)17-9-5-4-6-10-17)15-16-8-7-11-18(14-16)24-2/h4-14H,3,15H2,1-2H3. The second-order valence-corrected chi connectivity index (χ2v) is 5.64. The van der Waals surface area contributed by atoms with Crippen molar-refractivity contribution >= 4 is 5.97 Å². The van der Waals surface area contributed by atoms with Crippen molar-refractivity contribution in [2.75, 3.05) is 13.7 Å². The van der Waals surface area contributed by atoms with E-state index < -0.39 is 0 Å². The predicted octanol–water partition coefficient (Wildman–Crippen LogP) is 4.39. The van der Waals surface area contributed by atoms with E-state index in [4.69, 9.17) is 9.47 Å². The molecule has 4 heteroatoms. The Balaban J connectivity index is 2.02. The summed E-state index contributed by atoms with van der Waals surface area (Å²) in [4.78, 5) is 12.3. The van der Waals surface area contributed by atoms with Crippen molar-refractivity contribution < 1.29 is 14.3 Å². The van der Waals surface area contributed by atoms with E-state index >= 15 is 0 Å². The number of benzene rings is 2. The highest BCUT2D eigenvalue weighted by atomic mass is 16.5. The summed E-state index contributed by atoms with van der Waals surface area (Å²) in [5.74, 6) is 0.516. The number of nitrogens with zero attached hydrogens (tertiary/aromatic N) is 1. The first-order chi connectivity index (χ1) is 12.2. The van der Waals surface area contributed by atoms with Crippen molar-refractivity contribution in [3.05, 3.63) is 78.0 Å². The third-order valence-electron chi connectivity index (χ3n) is 3.99. The molecule has 0 atom stereocenters. The molecule has 0 aliphatic heterocycles. The molecule has 0 aliphatic rings. The number of ether oxygens (including phenoxy) is 2. The molecule has 0 unspecified atom stereocenters. The van der Waals surface area contributed by atoms with Crippen molar-refractivity contribution in [2.24, 2.45) is 0 Å². The zero-order chi connectivity index (χ0) is 17.6. The van der Waals surface area contributed by atoms with E-state index in [0.29, 0.717) is 18.7 Å². The Hall–Kier alpha value is -3.01. The lowest BCUT2D eigenvalue weighted by Gasteiger charge is -2.12. The fraction of sp³-hybridized carbons (Fsp3) is 0.190. The summed E-state index contributed by atoms with van der Waals surface area (Å²) in [6, 6.07) is 19.6. The number of aromatic nitrogens is 1. The van der Waals surface area contributed by atoms with Crippen LogP contribution in [0.1, 0.15) is 22.8 Å². The van der Waals surface area contributed by atoms with Crippen LogP contribution in [-0.2, 0) is 11.3 Å². The van der Waals surface area contributed by atoms with E-state index in [1.165, 1.54) is 0 Å². The van der Waals surface area contributed by atoms with Gasteiger partial charge in [-0.15, -0.1) is 0 Å². The number of rotatable bonds is 6. The molecule has 0 radical (unpaired) electrons. The number of hydrogen-bond acceptors (Lipinski definition) is 3. The monoisotopic (exact) mass is 335 g/mol. The number of hydrogen-bond donors (Lipinski definition) is 0. The molecule has 0 spiro atoms. The van der Waals surface area contributed by atoms with Crippen molar-refractivity contribution in [1.82, 2.24) is 4.57 Å². The van der Waals surface area contributed by atoms with Crippen LogP contribution in [0.3, 0.4) is 0 Å². The third kappa shape index (κ3) is 3.74. The lowest BCUT2D eigenvalue weighted by atomic mass is 10.1. The fourth-order valence-electron chi connectivity index (χ4n) is 2.86. The number of carbonyl (C=O) groups is 1. The largest absolute Gasteiger partial charge is 0.497 e. The first-order valence-electron chi connectivity index (χ1n) is 8.27. The van der Waals surface area contributed by atoms with Crippen LogP contribution in [0.15, 0.2) is 66.9 Å². The molecule has 0 aliphatic carbocycles. The Morgan fingerprint density at radius 3 is 2.56 bits per heavy atom. The van der Waals surface area contributed by atoms with Crippen LogP contribution >= 0.6 is 0 Å². The van der Waals surface area contributed by atoms with Crippen LogP contribution < -0.4 is 4.74 Å². The summed E-state index contributed by atoms with van der Waals surface area (Å²) in [7, 11) is 1.66. The first-order valence-corrected chi connectivity index (χ1v) is 8.27. The summed E-state index contributed by atoms with van der Waals surface area (Å²) < 4.78 is 12.6. The lowest BCUT2D eigenvalue weighted by Crippen LogP contribution is -2.08. The SMILES string of the molecule is CCOC(=O)c1ccn(Cc2cccc(OC)c2)c1-c1ccccc1. The van der Waals surface area contributed by atoms with Gasteiger partial charge < -0.3 is 14.0 Å². The van der Waals surface area contributed by atoms with Gasteiger partial charge in [0.25, 0.3) is 0 Å². The molecule has 1 aromatic heterocycles. The summed E-state index contributed by atoms with van der Waals surface area (Å²) in [5, 5.41) is 0. The molecule has 25 heavy (non-hydrogen) atoms. The van der Waals surface area contributed by atoms with Gasteiger partial charge >= 0.3 is 5.97 Å². The quantitative estimate of drug-likeness (QED) is 0.627. The van der Waals surface area contributed by atoms with Crippen molar-refractivity contribution in [2.45, 2.75) is 13.5 Å². The van der Waals surface area contributed by atoms with Crippen molar-refractivity contribution in [1.29, 1.82) is 0 Å². The maximum absolute atomic E-state index is 12.3. The molecule has 0 N–H and O–H groups in total. The minimum atomic E-state index is -0.300. The van der Waals surface area contributed by atoms with Gasteiger partial charge in [0, 0.05) is 12.7 Å². The normalized spacial score (nSPS) is 10.5. The van der Waals surface area contributed by atoms with Crippen LogP contribution in [0, 0.1) is 0 Å². The highest BCUT2D eigenvalue weighted by Gasteiger charge is 2.18. The lowest BCUT2D eigenvalue weighted by molar-refractivity contribution is 0.0527. The molecule has 3 aromatic rings. The Morgan fingerprint density at radius 1 is 1.04 bits per heavy atom. The van der Waals surface area contributed by atoms with Crippen molar-refractivity contribution in [3.63, 3.8) is 0 Å². The Bertz CT molecular complexity index is 853. The van der Waals surface area contributed by atoms with Gasteiger partial charge in [-0.3, -0.25) is 0 Å². The van der Waals surface area contributed by atoms with Gasteiger partial charge in [-0.2, -0.15) is 0 Å². The summed E-state index contributed by atoms with van der Waals surface area (Å²) >= 11 is 0. The Kier molecular flexibility index (Phi) is 5.19. The molecule has 4 nitrogen and oxygen atoms in total. The van der Waals surface area contributed by atoms with Crippen LogP contribution in [-0.4, -0.2) is 24.3 Å². The molecule has 0 amide bonds. The summed E-state index contributed by atoms with van der Waals surface area (Å²) in [6.07, 6.45) is 1.92. The van der Waals surface area contributed by atoms with E-state index in [0.717, 1.165) is 22.6 Å². The van der Waals surface area contributed by atoms with Crippen LogP contribution in [0.5, 0.6) is 5.75 Å². The molecule has 2 aromatic carbocycles. The summed E-state index contributed by atoms with van der Waals surface area (Å²) in [6.45, 7) is 2.81. The van der Waals surface area contributed by atoms with Crippen LogP contribution in [0.2, 0.25) is 0 Å². The van der Waals surface area contributed by atoms with Crippen LogP contribution in [0.25, 0.3) is 11.3 Å². The van der Waals surface area contributed by atoms with E-state index in [-0.39, 0.29) is 5.97 Å². The van der Waals surface area contributed by atoms with Gasteiger partial charge in [-0.1, -0.05) is 42.5 Å². The van der Waals surface area contributed by atoms with Gasteiger partial charge in [0.15, 0.2) is 0 Å². The van der Waals surface area contributed by atoms with Crippen LogP contribution in [0.4, 0.5) is 0 Å². The molecular formula is C21H21NO3. The van der Waals surface area contributed by atoms with E-state index in [1.807, 2.05) is 73.8 Å². The molecule has 0 bridgehead atoms. The fourth-order valence-corrected chi connectivity index (χ4v) is 2.86. The molecule has 128 valence electrons. The molecular weight excluding hydrogens is 314 g/mol. The van der Waals surface area contributed by atoms with E-state index in [2.05, 4.69) is 4.57 Å². The average molecular weight is 335 g/mol. The molecule has 0 saturated carbocycles. The molecule has 0 saturated heterocycles. The molecule has 0 fully saturated rings. The average Bonchev–Trinajstić information content (AvgIpc) is 3.06. The maximum Gasteiger partial charge on any atom is 0.340 e. The molecule has 3 rings (SSSR count). The van der Waals surface area contributed by atoms with E-state index in [9.17, 15) is 4.79 Å². The Labute approximate surface area is 147 Å². The first kappa shape index (κ1) is 16.8. The highest BCUT2D eigenvalue weighted by molar-refractivity contribution is 5.96. The maximum atomic E-state index is 12.3. The number of esters is 1. The summed E-state index contributed by atoms with van der Waals surface area (Å²) in [5.41, 5.74) is 3.53. The zero-order valence-electron chi connectivity index (χ0n) is 14.4. The van der Waals surface area contributed by atoms with Gasteiger partial charge in [-0.25, -0.2) is 4.79 Å². The minimum Gasteiger partial charge on any atom is -0.497 e. The van der Waals surface area contributed by atoms with Gasteiger partial charge in [-0.05, 0) is 36.2 Å². The smallest absolute Gasteiger partial charge is 0.340 e. The van der Waals surface area contributed by atoms with Gasteiger partial charge in [0.2, 0.25) is 0 Å². The molecule has 1 heterocycles. The highest BCUT2D eigenvalue weighted by Crippen LogP contribution is 2.27. The zero-order valence-corrected chi connectivity index (χ0v) is 14.4. The van der Waals surface area contributed by atoms with Gasteiger partial charge in [0.1, 0.15) is 5.75 Å². The minimum absolute atomic E-state index is 0.300. The second-order valence-electron chi connectivity index (χ2n) is 5.64. The Morgan fingerprint density at radius 2 is 1.84 bits per heavy atom.